The molecule has 114 valence electrons. The van der Waals surface area contributed by atoms with Crippen molar-refractivity contribution < 1.29 is 23.5 Å². The smallest absolute Gasteiger partial charge is 0.326 e. The van der Waals surface area contributed by atoms with E-state index in [1.807, 2.05) is 0 Å². The molecule has 0 unspecified atom stereocenters. The van der Waals surface area contributed by atoms with Crippen LogP contribution in [0.15, 0.2) is 18.2 Å². The Morgan fingerprint density at radius 1 is 1.29 bits per heavy atom. The van der Waals surface area contributed by atoms with Crippen molar-refractivity contribution in [3.63, 3.8) is 0 Å². The zero-order valence-corrected chi connectivity index (χ0v) is 11.5. The molecule has 1 aliphatic heterocycles. The van der Waals surface area contributed by atoms with Crippen LogP contribution in [0, 0.1) is 11.6 Å². The van der Waals surface area contributed by atoms with Crippen molar-refractivity contribution in [2.75, 3.05) is 6.54 Å². The van der Waals surface area contributed by atoms with Crippen LogP contribution in [0.5, 0.6) is 0 Å². The number of carbonyl (C=O) groups is 2. The molecule has 0 bridgehead atoms. The zero-order valence-electron chi connectivity index (χ0n) is 11.5. The maximum absolute atomic E-state index is 13.0. The molecule has 1 aliphatic rings. The molecule has 0 radical (unpaired) electrons. The Labute approximate surface area is 121 Å². The van der Waals surface area contributed by atoms with E-state index in [-0.39, 0.29) is 12.3 Å². The largest absolute Gasteiger partial charge is 0.480 e. The summed E-state index contributed by atoms with van der Waals surface area (Å²) in [6.45, 7) is 0.473. The van der Waals surface area contributed by atoms with Gasteiger partial charge in [0, 0.05) is 13.0 Å². The van der Waals surface area contributed by atoms with Crippen molar-refractivity contribution in [1.82, 2.24) is 4.90 Å². The number of aryl methyl sites for hydroxylation is 1. The van der Waals surface area contributed by atoms with Crippen LogP contribution in [0.25, 0.3) is 0 Å². The van der Waals surface area contributed by atoms with Crippen LogP contribution in [-0.2, 0) is 16.0 Å². The first-order valence-electron chi connectivity index (χ1n) is 6.95. The molecule has 1 fully saturated rings. The number of nitrogens with zero attached hydrogens (tertiary/aromatic N) is 1. The summed E-state index contributed by atoms with van der Waals surface area (Å²) in [7, 11) is 0. The second-order valence-electron chi connectivity index (χ2n) is 5.19. The molecule has 1 N–H and O–H groups in total. The SMILES string of the molecule is O=C(O)[C@@H]1CCCN1C(=O)CCCc1ccc(F)c(F)c1. The minimum atomic E-state index is -0.971. The Kier molecular flexibility index (Phi) is 4.88. The number of hydrogen-bond donors (Lipinski definition) is 1. The fraction of sp³-hybridized carbons (Fsp3) is 0.467. The van der Waals surface area contributed by atoms with Crippen molar-refractivity contribution >= 4 is 11.9 Å². The molecule has 0 spiro atoms. The summed E-state index contributed by atoms with van der Waals surface area (Å²) in [5.41, 5.74) is 0.623. The number of carbonyl (C=O) groups excluding carboxylic acids is 1. The van der Waals surface area contributed by atoms with E-state index in [4.69, 9.17) is 5.11 Å². The average molecular weight is 297 g/mol. The Morgan fingerprint density at radius 3 is 2.71 bits per heavy atom. The highest BCUT2D eigenvalue weighted by Gasteiger charge is 2.33. The average Bonchev–Trinajstić information content (AvgIpc) is 2.92. The van der Waals surface area contributed by atoms with Gasteiger partial charge in [0.25, 0.3) is 0 Å². The summed E-state index contributed by atoms with van der Waals surface area (Å²) in [6.07, 6.45) is 2.33. The molecule has 0 aromatic heterocycles. The Balaban J connectivity index is 1.84. The Hall–Kier alpha value is -1.98. The molecule has 6 heteroatoms. The second kappa shape index (κ2) is 6.65. The third-order valence-electron chi connectivity index (χ3n) is 3.70. The van der Waals surface area contributed by atoms with Gasteiger partial charge in [-0.3, -0.25) is 4.79 Å². The van der Waals surface area contributed by atoms with Gasteiger partial charge >= 0.3 is 5.97 Å². The standard InChI is InChI=1S/C15H17F2NO3/c16-11-7-6-10(9-12(11)17)3-1-5-14(19)18-8-2-4-13(18)15(20)21/h6-7,9,13H,1-5,8H2,(H,20,21)/t13-/m0/s1. The number of carboxylic acids is 1. The number of aliphatic carboxylic acids is 1. The van der Waals surface area contributed by atoms with Crippen LogP contribution in [0.3, 0.4) is 0 Å². The topological polar surface area (TPSA) is 57.6 Å². The molecule has 4 nitrogen and oxygen atoms in total. The van der Waals surface area contributed by atoms with Gasteiger partial charge in [0.15, 0.2) is 11.6 Å². The van der Waals surface area contributed by atoms with Gasteiger partial charge in [-0.1, -0.05) is 6.07 Å². The van der Waals surface area contributed by atoms with E-state index >= 15 is 0 Å². The summed E-state index contributed by atoms with van der Waals surface area (Å²) in [5.74, 6) is -2.95. The Bertz CT molecular complexity index is 548. The van der Waals surface area contributed by atoms with Crippen LogP contribution in [0.1, 0.15) is 31.2 Å². The molecule has 0 saturated carbocycles. The fourth-order valence-electron chi connectivity index (χ4n) is 2.60. The van der Waals surface area contributed by atoms with Gasteiger partial charge in [0.1, 0.15) is 6.04 Å². The summed E-state index contributed by atoms with van der Waals surface area (Å²) in [6, 6.07) is 2.95. The maximum atomic E-state index is 13.0. The van der Waals surface area contributed by atoms with E-state index < -0.39 is 23.6 Å². The van der Waals surface area contributed by atoms with Crippen molar-refractivity contribution in [2.45, 2.75) is 38.1 Å². The third kappa shape index (κ3) is 3.77. The lowest BCUT2D eigenvalue weighted by Gasteiger charge is -2.21. The van der Waals surface area contributed by atoms with Crippen LogP contribution < -0.4 is 0 Å². The van der Waals surface area contributed by atoms with Crippen molar-refractivity contribution in [2.24, 2.45) is 0 Å². The minimum absolute atomic E-state index is 0.192. The minimum Gasteiger partial charge on any atom is -0.480 e. The number of rotatable bonds is 5. The van der Waals surface area contributed by atoms with E-state index in [9.17, 15) is 18.4 Å². The lowest BCUT2D eigenvalue weighted by molar-refractivity contribution is -0.148. The van der Waals surface area contributed by atoms with Gasteiger partial charge in [-0.25, -0.2) is 13.6 Å². The van der Waals surface area contributed by atoms with E-state index in [1.54, 1.807) is 0 Å². The highest BCUT2D eigenvalue weighted by Crippen LogP contribution is 2.19. The first-order chi connectivity index (χ1) is 9.99. The number of carboxylic acid groups (broad SMARTS) is 1. The quantitative estimate of drug-likeness (QED) is 0.907. The van der Waals surface area contributed by atoms with E-state index in [0.717, 1.165) is 12.1 Å². The summed E-state index contributed by atoms with van der Waals surface area (Å²) >= 11 is 0. The first-order valence-corrected chi connectivity index (χ1v) is 6.95. The van der Waals surface area contributed by atoms with Crippen LogP contribution >= 0.6 is 0 Å². The van der Waals surface area contributed by atoms with E-state index in [0.29, 0.717) is 37.8 Å². The molecule has 2 rings (SSSR count). The van der Waals surface area contributed by atoms with Crippen LogP contribution in [-0.4, -0.2) is 34.5 Å². The molecule has 1 atom stereocenters. The zero-order chi connectivity index (χ0) is 15.4. The number of benzene rings is 1. The van der Waals surface area contributed by atoms with Gasteiger partial charge in [-0.05, 0) is 43.4 Å². The van der Waals surface area contributed by atoms with Crippen molar-refractivity contribution in [3.05, 3.63) is 35.4 Å². The fourth-order valence-corrected chi connectivity index (χ4v) is 2.60. The molecule has 1 aromatic carbocycles. The predicted octanol–water partition coefficient (Wildman–Crippen LogP) is 2.36. The van der Waals surface area contributed by atoms with Gasteiger partial charge in [0.05, 0.1) is 0 Å². The second-order valence-corrected chi connectivity index (χ2v) is 5.19. The summed E-state index contributed by atoms with van der Waals surface area (Å²) in [5, 5.41) is 9.02. The molecule has 21 heavy (non-hydrogen) atoms. The summed E-state index contributed by atoms with van der Waals surface area (Å²) in [4.78, 5) is 24.4. The van der Waals surface area contributed by atoms with Gasteiger partial charge in [-0.15, -0.1) is 0 Å². The van der Waals surface area contributed by atoms with Gasteiger partial charge in [-0.2, -0.15) is 0 Å². The van der Waals surface area contributed by atoms with E-state index in [2.05, 4.69) is 0 Å². The highest BCUT2D eigenvalue weighted by molar-refractivity contribution is 5.84. The van der Waals surface area contributed by atoms with E-state index in [1.165, 1.54) is 11.0 Å². The van der Waals surface area contributed by atoms with Crippen LogP contribution in [0.4, 0.5) is 8.78 Å². The molecule has 0 aliphatic carbocycles. The maximum Gasteiger partial charge on any atom is 0.326 e. The number of amides is 1. The van der Waals surface area contributed by atoms with Crippen LogP contribution in [0.2, 0.25) is 0 Å². The van der Waals surface area contributed by atoms with Crippen molar-refractivity contribution in [3.8, 4) is 0 Å². The van der Waals surface area contributed by atoms with Gasteiger partial charge in [0.2, 0.25) is 5.91 Å². The number of hydrogen-bond acceptors (Lipinski definition) is 2. The molecule has 1 heterocycles. The first kappa shape index (κ1) is 15.4. The number of halogens is 2. The lowest BCUT2D eigenvalue weighted by atomic mass is 10.1. The monoisotopic (exact) mass is 297 g/mol. The lowest BCUT2D eigenvalue weighted by Crippen LogP contribution is -2.40. The molecule has 1 saturated heterocycles. The summed E-state index contributed by atoms with van der Waals surface area (Å²) < 4.78 is 25.8. The normalized spacial score (nSPS) is 18.0. The molecule has 1 aromatic rings. The highest BCUT2D eigenvalue weighted by atomic mass is 19.2. The number of likely N-dealkylation sites (tertiary alicyclic amines) is 1. The third-order valence-corrected chi connectivity index (χ3v) is 3.70. The van der Waals surface area contributed by atoms with Crippen molar-refractivity contribution in [1.29, 1.82) is 0 Å². The van der Waals surface area contributed by atoms with Gasteiger partial charge < -0.3 is 10.0 Å². The molecule has 1 amide bonds. The predicted molar refractivity (Wildman–Crippen MR) is 71.7 cm³/mol. The molecular formula is C15H17F2NO3. The Morgan fingerprint density at radius 2 is 2.05 bits per heavy atom. The molecular weight excluding hydrogens is 280 g/mol.